The summed E-state index contributed by atoms with van der Waals surface area (Å²) in [5.74, 6) is 1.66. The van der Waals surface area contributed by atoms with Gasteiger partial charge in [0.1, 0.15) is 18.1 Å². The maximum absolute atomic E-state index is 12.4. The van der Waals surface area contributed by atoms with Gasteiger partial charge >= 0.3 is 6.03 Å². The molecule has 0 aliphatic carbocycles. The van der Waals surface area contributed by atoms with E-state index in [9.17, 15) is 9.59 Å². The van der Waals surface area contributed by atoms with Gasteiger partial charge in [-0.15, -0.1) is 0 Å². The van der Waals surface area contributed by atoms with Gasteiger partial charge in [-0.2, -0.15) is 0 Å². The Kier molecular flexibility index (Phi) is 5.11. The SMILES string of the molecule is CCN1CCCN(C(=O)N[C@@H](C)c2cc(C)oc2C)CC1=O. The molecule has 122 valence electrons. The topological polar surface area (TPSA) is 65.8 Å². The normalized spacial score (nSPS) is 17.4. The molecule has 0 bridgehead atoms. The van der Waals surface area contributed by atoms with Crippen LogP contribution in [0.4, 0.5) is 4.79 Å². The van der Waals surface area contributed by atoms with E-state index in [2.05, 4.69) is 5.32 Å². The van der Waals surface area contributed by atoms with Gasteiger partial charge in [0, 0.05) is 25.2 Å². The summed E-state index contributed by atoms with van der Waals surface area (Å²) in [4.78, 5) is 27.9. The van der Waals surface area contributed by atoms with E-state index in [4.69, 9.17) is 4.42 Å². The third kappa shape index (κ3) is 3.61. The first-order valence-corrected chi connectivity index (χ1v) is 7.82. The Morgan fingerprint density at radius 3 is 2.73 bits per heavy atom. The van der Waals surface area contributed by atoms with Crippen molar-refractivity contribution >= 4 is 11.9 Å². The molecule has 22 heavy (non-hydrogen) atoms. The van der Waals surface area contributed by atoms with E-state index >= 15 is 0 Å². The number of amides is 3. The Morgan fingerprint density at radius 2 is 2.14 bits per heavy atom. The Bertz CT molecular complexity index is 553. The number of nitrogens with zero attached hydrogens (tertiary/aromatic N) is 2. The summed E-state index contributed by atoms with van der Waals surface area (Å²) in [7, 11) is 0. The predicted molar refractivity (Wildman–Crippen MR) is 83.6 cm³/mol. The zero-order chi connectivity index (χ0) is 16.3. The monoisotopic (exact) mass is 307 g/mol. The Hall–Kier alpha value is -1.98. The van der Waals surface area contributed by atoms with Crippen molar-refractivity contribution in [3.63, 3.8) is 0 Å². The minimum atomic E-state index is -0.197. The number of furan rings is 1. The van der Waals surface area contributed by atoms with Gasteiger partial charge in [0.2, 0.25) is 5.91 Å². The van der Waals surface area contributed by atoms with E-state index in [1.54, 1.807) is 9.80 Å². The first-order chi connectivity index (χ1) is 10.4. The lowest BCUT2D eigenvalue weighted by atomic mass is 10.1. The highest BCUT2D eigenvalue weighted by Gasteiger charge is 2.25. The molecular weight excluding hydrogens is 282 g/mol. The first kappa shape index (κ1) is 16.4. The summed E-state index contributed by atoms with van der Waals surface area (Å²) in [5, 5.41) is 2.96. The second kappa shape index (κ2) is 6.85. The van der Waals surface area contributed by atoms with Crippen LogP contribution in [0.25, 0.3) is 0 Å². The van der Waals surface area contributed by atoms with Crippen molar-refractivity contribution in [2.24, 2.45) is 0 Å². The van der Waals surface area contributed by atoms with Gasteiger partial charge < -0.3 is 19.5 Å². The summed E-state index contributed by atoms with van der Waals surface area (Å²) in [6.45, 7) is 9.82. The van der Waals surface area contributed by atoms with E-state index in [1.807, 2.05) is 33.8 Å². The van der Waals surface area contributed by atoms with Crippen LogP contribution in [0.15, 0.2) is 10.5 Å². The number of aryl methyl sites for hydroxylation is 2. The molecule has 0 saturated carbocycles. The second-order valence-electron chi connectivity index (χ2n) is 5.79. The molecule has 6 nitrogen and oxygen atoms in total. The molecule has 1 aliphatic heterocycles. The maximum Gasteiger partial charge on any atom is 0.318 e. The van der Waals surface area contributed by atoms with Gasteiger partial charge in [0.15, 0.2) is 0 Å². The number of urea groups is 1. The van der Waals surface area contributed by atoms with Crippen molar-refractivity contribution in [1.82, 2.24) is 15.1 Å². The fourth-order valence-electron chi connectivity index (χ4n) is 2.86. The highest BCUT2D eigenvalue weighted by Crippen LogP contribution is 2.21. The first-order valence-electron chi connectivity index (χ1n) is 7.82. The maximum atomic E-state index is 12.4. The molecule has 0 spiro atoms. The number of hydrogen-bond donors (Lipinski definition) is 1. The lowest BCUT2D eigenvalue weighted by Gasteiger charge is -2.23. The quantitative estimate of drug-likeness (QED) is 0.931. The molecule has 0 radical (unpaired) electrons. The van der Waals surface area contributed by atoms with Crippen LogP contribution in [0, 0.1) is 13.8 Å². The largest absolute Gasteiger partial charge is 0.466 e. The molecule has 1 fully saturated rings. The fraction of sp³-hybridized carbons (Fsp3) is 0.625. The average molecular weight is 307 g/mol. The number of likely N-dealkylation sites (N-methyl/N-ethyl adjacent to an activating group) is 1. The van der Waals surface area contributed by atoms with Crippen LogP contribution in [0.1, 0.15) is 43.4 Å². The van der Waals surface area contributed by atoms with Gasteiger partial charge in [-0.25, -0.2) is 4.79 Å². The number of hydrogen-bond acceptors (Lipinski definition) is 3. The van der Waals surface area contributed by atoms with Crippen LogP contribution >= 0.6 is 0 Å². The Labute approximate surface area is 131 Å². The summed E-state index contributed by atoms with van der Waals surface area (Å²) in [6, 6.07) is 1.59. The van der Waals surface area contributed by atoms with E-state index in [0.29, 0.717) is 19.6 Å². The molecular formula is C16H25N3O3. The van der Waals surface area contributed by atoms with Crippen LogP contribution < -0.4 is 5.32 Å². The highest BCUT2D eigenvalue weighted by molar-refractivity contribution is 5.84. The van der Waals surface area contributed by atoms with Gasteiger partial charge in [-0.3, -0.25) is 4.79 Å². The number of carbonyl (C=O) groups excluding carboxylic acids is 2. The van der Waals surface area contributed by atoms with Crippen LogP contribution in [-0.4, -0.2) is 47.9 Å². The highest BCUT2D eigenvalue weighted by atomic mass is 16.3. The zero-order valence-electron chi connectivity index (χ0n) is 13.8. The zero-order valence-corrected chi connectivity index (χ0v) is 13.8. The molecule has 1 saturated heterocycles. The molecule has 0 aromatic carbocycles. The van der Waals surface area contributed by atoms with E-state index < -0.39 is 0 Å². The van der Waals surface area contributed by atoms with E-state index in [0.717, 1.165) is 23.5 Å². The van der Waals surface area contributed by atoms with Crippen molar-refractivity contribution in [3.05, 3.63) is 23.2 Å². The van der Waals surface area contributed by atoms with Gasteiger partial charge in [0.05, 0.1) is 6.04 Å². The second-order valence-corrected chi connectivity index (χ2v) is 5.79. The summed E-state index contributed by atoms with van der Waals surface area (Å²) in [5.41, 5.74) is 0.974. The van der Waals surface area contributed by atoms with Crippen LogP contribution in [0.3, 0.4) is 0 Å². The van der Waals surface area contributed by atoms with Crippen molar-refractivity contribution in [2.45, 2.75) is 40.2 Å². The molecule has 3 amide bonds. The van der Waals surface area contributed by atoms with Gasteiger partial charge in [-0.1, -0.05) is 0 Å². The molecule has 2 heterocycles. The van der Waals surface area contributed by atoms with Crippen molar-refractivity contribution in [1.29, 1.82) is 0 Å². The fourth-order valence-corrected chi connectivity index (χ4v) is 2.86. The van der Waals surface area contributed by atoms with E-state index in [1.165, 1.54) is 0 Å². The minimum Gasteiger partial charge on any atom is -0.466 e. The predicted octanol–water partition coefficient (Wildman–Crippen LogP) is 2.22. The molecule has 1 aliphatic rings. The van der Waals surface area contributed by atoms with Gasteiger partial charge in [-0.05, 0) is 40.2 Å². The average Bonchev–Trinajstić information content (AvgIpc) is 2.69. The summed E-state index contributed by atoms with van der Waals surface area (Å²) < 4.78 is 5.50. The lowest BCUT2D eigenvalue weighted by Crippen LogP contribution is -2.44. The summed E-state index contributed by atoms with van der Waals surface area (Å²) >= 11 is 0. The van der Waals surface area contributed by atoms with Crippen molar-refractivity contribution < 1.29 is 14.0 Å². The minimum absolute atomic E-state index is 0.0122. The number of nitrogens with one attached hydrogen (secondary N) is 1. The molecule has 1 N–H and O–H groups in total. The van der Waals surface area contributed by atoms with Gasteiger partial charge in [0.25, 0.3) is 0 Å². The molecule has 6 heteroatoms. The molecule has 0 unspecified atom stereocenters. The molecule has 1 aromatic heterocycles. The standard InChI is InChI=1S/C16H25N3O3/c1-5-18-7-6-8-19(10-15(18)20)16(21)17-12(3)14-9-11(2)22-13(14)4/h9,12H,5-8,10H2,1-4H3,(H,17,21)/t12-/m0/s1. The Morgan fingerprint density at radius 1 is 1.41 bits per heavy atom. The Balaban J connectivity index is 1.99. The molecule has 1 atom stereocenters. The summed E-state index contributed by atoms with van der Waals surface area (Å²) in [6.07, 6.45) is 0.811. The lowest BCUT2D eigenvalue weighted by molar-refractivity contribution is -0.130. The van der Waals surface area contributed by atoms with Crippen molar-refractivity contribution in [3.8, 4) is 0 Å². The number of rotatable bonds is 3. The molecule has 1 aromatic rings. The molecule has 2 rings (SSSR count). The van der Waals surface area contributed by atoms with Crippen molar-refractivity contribution in [2.75, 3.05) is 26.2 Å². The third-order valence-corrected chi connectivity index (χ3v) is 4.09. The van der Waals surface area contributed by atoms with Crippen LogP contribution in [0.2, 0.25) is 0 Å². The number of carbonyl (C=O) groups is 2. The van der Waals surface area contributed by atoms with E-state index in [-0.39, 0.29) is 24.5 Å². The smallest absolute Gasteiger partial charge is 0.318 e. The van der Waals surface area contributed by atoms with Crippen LogP contribution in [0.5, 0.6) is 0 Å². The van der Waals surface area contributed by atoms with Crippen LogP contribution in [-0.2, 0) is 4.79 Å². The third-order valence-electron chi connectivity index (χ3n) is 4.09.